The average Bonchev–Trinajstić information content (AvgIpc) is 2.83. The number of carbonyl (C=O) groups excluding carboxylic acids is 1. The summed E-state index contributed by atoms with van der Waals surface area (Å²) in [7, 11) is 3.34. The molecule has 1 amide bonds. The van der Waals surface area contributed by atoms with Crippen molar-refractivity contribution in [3.05, 3.63) is 28.3 Å². The molecule has 2 fully saturated rings. The zero-order valence-corrected chi connectivity index (χ0v) is 13.4. The number of hydrogen-bond donors (Lipinski definition) is 0. The van der Waals surface area contributed by atoms with E-state index in [1.807, 2.05) is 11.9 Å². The Morgan fingerprint density at radius 1 is 1.26 bits per heavy atom. The van der Waals surface area contributed by atoms with Crippen LogP contribution in [0.25, 0.3) is 0 Å². The molecule has 2 aliphatic heterocycles. The maximum atomic E-state index is 11.8. The van der Waals surface area contributed by atoms with E-state index >= 15 is 0 Å². The second-order valence-corrected chi connectivity index (χ2v) is 6.28. The summed E-state index contributed by atoms with van der Waals surface area (Å²) in [5.74, 6) is 0.511. The van der Waals surface area contributed by atoms with Gasteiger partial charge in [0.15, 0.2) is 5.75 Å². The molecule has 124 valence electrons. The molecule has 7 heteroatoms. The van der Waals surface area contributed by atoms with Gasteiger partial charge < -0.3 is 14.5 Å². The van der Waals surface area contributed by atoms with E-state index in [2.05, 4.69) is 4.90 Å². The Labute approximate surface area is 135 Å². The summed E-state index contributed by atoms with van der Waals surface area (Å²) < 4.78 is 5.14. The summed E-state index contributed by atoms with van der Waals surface area (Å²) in [5, 5.41) is 11.0. The number of ether oxygens (including phenoxy) is 1. The van der Waals surface area contributed by atoms with Crippen molar-refractivity contribution in [1.29, 1.82) is 0 Å². The third-order valence-electron chi connectivity index (χ3n) is 5.31. The summed E-state index contributed by atoms with van der Waals surface area (Å²) in [6, 6.07) is 4.98. The Morgan fingerprint density at radius 2 is 1.96 bits per heavy atom. The van der Waals surface area contributed by atoms with Crippen molar-refractivity contribution in [2.45, 2.75) is 31.2 Å². The summed E-state index contributed by atoms with van der Waals surface area (Å²) in [6.45, 7) is 1.66. The molecule has 2 aliphatic rings. The van der Waals surface area contributed by atoms with Crippen LogP contribution in [-0.2, 0) is 4.79 Å². The zero-order valence-electron chi connectivity index (χ0n) is 13.4. The van der Waals surface area contributed by atoms with Crippen molar-refractivity contribution in [1.82, 2.24) is 4.90 Å². The fourth-order valence-electron chi connectivity index (χ4n) is 3.72. The molecule has 0 atom stereocenters. The van der Waals surface area contributed by atoms with Crippen LogP contribution in [0.3, 0.4) is 0 Å². The van der Waals surface area contributed by atoms with Crippen LogP contribution < -0.4 is 9.64 Å². The highest BCUT2D eigenvalue weighted by Crippen LogP contribution is 2.40. The van der Waals surface area contributed by atoms with Gasteiger partial charge in [0.1, 0.15) is 0 Å². The van der Waals surface area contributed by atoms with Gasteiger partial charge >= 0.3 is 5.69 Å². The monoisotopic (exact) mass is 319 g/mol. The Hall–Kier alpha value is -2.31. The smallest absolute Gasteiger partial charge is 0.311 e. The second-order valence-electron chi connectivity index (χ2n) is 6.28. The molecule has 7 nitrogen and oxygen atoms in total. The first-order valence-electron chi connectivity index (χ1n) is 7.81. The van der Waals surface area contributed by atoms with E-state index in [4.69, 9.17) is 4.74 Å². The molecule has 0 bridgehead atoms. The van der Waals surface area contributed by atoms with E-state index in [-0.39, 0.29) is 22.9 Å². The average molecular weight is 319 g/mol. The lowest BCUT2D eigenvalue weighted by Gasteiger charge is -2.44. The highest BCUT2D eigenvalue weighted by molar-refractivity contribution is 5.79. The lowest BCUT2D eigenvalue weighted by atomic mass is 9.85. The van der Waals surface area contributed by atoms with Crippen molar-refractivity contribution >= 4 is 17.3 Å². The molecule has 0 radical (unpaired) electrons. The van der Waals surface area contributed by atoms with Crippen LogP contribution in [0.15, 0.2) is 18.2 Å². The standard InChI is InChI=1S/C16H21N3O4/c1-17-15(20)5-6-16(17)7-9-18(10-8-16)12-3-4-13(19(21)22)14(11-12)23-2/h3-4,11H,5-10H2,1-2H3. The molecule has 0 N–H and O–H groups in total. The molecule has 3 rings (SSSR count). The highest BCUT2D eigenvalue weighted by atomic mass is 16.6. The number of carbonyl (C=O) groups is 1. The van der Waals surface area contributed by atoms with Crippen LogP contribution in [0.2, 0.25) is 0 Å². The fraction of sp³-hybridized carbons (Fsp3) is 0.562. The molecule has 1 aromatic rings. The summed E-state index contributed by atoms with van der Waals surface area (Å²) in [6.07, 6.45) is 3.42. The van der Waals surface area contributed by atoms with Gasteiger partial charge in [0, 0.05) is 49.9 Å². The summed E-state index contributed by atoms with van der Waals surface area (Å²) in [5.41, 5.74) is 0.901. The van der Waals surface area contributed by atoms with E-state index in [0.717, 1.165) is 38.0 Å². The van der Waals surface area contributed by atoms with Gasteiger partial charge in [-0.25, -0.2) is 0 Å². The molecule has 0 saturated carbocycles. The molecule has 2 saturated heterocycles. The third-order valence-corrected chi connectivity index (χ3v) is 5.31. The number of rotatable bonds is 3. The summed E-state index contributed by atoms with van der Waals surface area (Å²) in [4.78, 5) is 26.5. The van der Waals surface area contributed by atoms with Gasteiger partial charge in [-0.15, -0.1) is 0 Å². The Morgan fingerprint density at radius 3 is 2.48 bits per heavy atom. The van der Waals surface area contributed by atoms with E-state index in [1.165, 1.54) is 13.2 Å². The number of piperidine rings is 1. The predicted molar refractivity (Wildman–Crippen MR) is 85.8 cm³/mol. The molecule has 0 unspecified atom stereocenters. The van der Waals surface area contributed by atoms with Crippen molar-refractivity contribution in [2.75, 3.05) is 32.1 Å². The van der Waals surface area contributed by atoms with Gasteiger partial charge in [-0.05, 0) is 25.3 Å². The minimum atomic E-state index is -0.438. The van der Waals surface area contributed by atoms with Crippen molar-refractivity contribution in [3.63, 3.8) is 0 Å². The number of likely N-dealkylation sites (tertiary alicyclic amines) is 1. The van der Waals surface area contributed by atoms with Crippen molar-refractivity contribution in [3.8, 4) is 5.75 Å². The SMILES string of the molecule is COc1cc(N2CCC3(CCC(=O)N3C)CC2)ccc1[N+](=O)[O-]. The lowest BCUT2D eigenvalue weighted by molar-refractivity contribution is -0.385. The molecular weight excluding hydrogens is 298 g/mol. The lowest BCUT2D eigenvalue weighted by Crippen LogP contribution is -2.51. The van der Waals surface area contributed by atoms with E-state index in [9.17, 15) is 14.9 Å². The van der Waals surface area contributed by atoms with Gasteiger partial charge in [0.25, 0.3) is 0 Å². The van der Waals surface area contributed by atoms with Gasteiger partial charge in [-0.3, -0.25) is 14.9 Å². The van der Waals surface area contributed by atoms with Crippen LogP contribution in [0.4, 0.5) is 11.4 Å². The van der Waals surface area contributed by atoms with Crippen LogP contribution >= 0.6 is 0 Å². The topological polar surface area (TPSA) is 75.9 Å². The van der Waals surface area contributed by atoms with Gasteiger partial charge in [0.05, 0.1) is 12.0 Å². The number of hydrogen-bond acceptors (Lipinski definition) is 5. The zero-order chi connectivity index (χ0) is 16.6. The number of anilines is 1. The first-order chi connectivity index (χ1) is 11.0. The third kappa shape index (κ3) is 2.60. The highest BCUT2D eigenvalue weighted by Gasteiger charge is 2.44. The second kappa shape index (κ2) is 5.72. The maximum absolute atomic E-state index is 11.8. The van der Waals surface area contributed by atoms with Crippen LogP contribution in [0, 0.1) is 10.1 Å². The largest absolute Gasteiger partial charge is 0.490 e. The number of nitrogens with zero attached hydrogens (tertiary/aromatic N) is 3. The van der Waals surface area contributed by atoms with Crippen molar-refractivity contribution < 1.29 is 14.5 Å². The van der Waals surface area contributed by atoms with Crippen molar-refractivity contribution in [2.24, 2.45) is 0 Å². The Bertz CT molecular complexity index is 638. The molecule has 0 aromatic heterocycles. The number of nitro groups is 1. The predicted octanol–water partition coefficient (Wildman–Crippen LogP) is 2.19. The van der Waals surface area contributed by atoms with E-state index in [1.54, 1.807) is 12.1 Å². The Kier molecular flexibility index (Phi) is 3.87. The summed E-state index contributed by atoms with van der Waals surface area (Å²) >= 11 is 0. The first kappa shape index (κ1) is 15.6. The number of nitro benzene ring substituents is 1. The number of methoxy groups -OCH3 is 1. The van der Waals surface area contributed by atoms with Crippen LogP contribution in [-0.4, -0.2) is 48.5 Å². The van der Waals surface area contributed by atoms with Gasteiger partial charge in [0.2, 0.25) is 5.91 Å². The minimum absolute atomic E-state index is 0.00154. The normalized spacial score (nSPS) is 20.2. The number of amides is 1. The Balaban J connectivity index is 1.75. The van der Waals surface area contributed by atoms with Gasteiger partial charge in [-0.2, -0.15) is 0 Å². The molecule has 23 heavy (non-hydrogen) atoms. The maximum Gasteiger partial charge on any atom is 0.311 e. The minimum Gasteiger partial charge on any atom is -0.490 e. The van der Waals surface area contributed by atoms with Gasteiger partial charge in [-0.1, -0.05) is 0 Å². The van der Waals surface area contributed by atoms with Crippen LogP contribution in [0.5, 0.6) is 5.75 Å². The molecule has 1 spiro atoms. The molecule has 2 heterocycles. The molecule has 0 aliphatic carbocycles. The quantitative estimate of drug-likeness (QED) is 0.630. The van der Waals surface area contributed by atoms with E-state index < -0.39 is 4.92 Å². The molecular formula is C16H21N3O4. The van der Waals surface area contributed by atoms with E-state index in [0.29, 0.717) is 6.42 Å². The first-order valence-corrected chi connectivity index (χ1v) is 7.81. The fourth-order valence-corrected chi connectivity index (χ4v) is 3.72. The number of benzene rings is 1. The van der Waals surface area contributed by atoms with Crippen LogP contribution in [0.1, 0.15) is 25.7 Å². The molecule has 1 aromatic carbocycles.